The first-order valence-electron chi connectivity index (χ1n) is 6.85. The van der Waals surface area contributed by atoms with Gasteiger partial charge in [-0.15, -0.1) is 0 Å². The summed E-state index contributed by atoms with van der Waals surface area (Å²) in [6.07, 6.45) is 1.76. The highest BCUT2D eigenvalue weighted by molar-refractivity contribution is 6.29. The molecule has 1 aromatic carbocycles. The highest BCUT2D eigenvalue weighted by Gasteiger charge is 2.17. The Morgan fingerprint density at radius 1 is 0.864 bits per heavy atom. The van der Waals surface area contributed by atoms with Crippen LogP contribution in [0.4, 0.5) is 0 Å². The quantitative estimate of drug-likeness (QED) is 0.559. The van der Waals surface area contributed by atoms with Crippen molar-refractivity contribution in [3.8, 4) is 22.6 Å². The molecular weight excluding hydrogens is 296 g/mol. The molecule has 4 aromatic rings. The number of fused-ring (bicyclic) bond motifs is 1. The SMILES string of the molecule is Clc1ccc2nc(-c3ccccc3)c(-c3ccccn3)n2n1. The molecule has 0 amide bonds. The van der Waals surface area contributed by atoms with E-state index >= 15 is 0 Å². The summed E-state index contributed by atoms with van der Waals surface area (Å²) < 4.78 is 1.74. The molecule has 3 aromatic heterocycles. The van der Waals surface area contributed by atoms with E-state index in [0.29, 0.717) is 5.15 Å². The minimum atomic E-state index is 0.418. The molecule has 0 saturated heterocycles. The first-order valence-corrected chi connectivity index (χ1v) is 7.23. The number of hydrogen-bond acceptors (Lipinski definition) is 3. The van der Waals surface area contributed by atoms with Crippen LogP contribution in [0.1, 0.15) is 0 Å². The van der Waals surface area contributed by atoms with Gasteiger partial charge in [-0.25, -0.2) is 9.50 Å². The van der Waals surface area contributed by atoms with Gasteiger partial charge in [-0.05, 0) is 24.3 Å². The maximum Gasteiger partial charge on any atom is 0.155 e. The molecular formula is C17H11ClN4. The van der Waals surface area contributed by atoms with Gasteiger partial charge in [0.2, 0.25) is 0 Å². The van der Waals surface area contributed by atoms with Gasteiger partial charge in [-0.3, -0.25) is 4.98 Å². The van der Waals surface area contributed by atoms with Crippen molar-refractivity contribution in [1.29, 1.82) is 0 Å². The normalized spacial score (nSPS) is 11.0. The number of rotatable bonds is 2. The Labute approximate surface area is 132 Å². The fourth-order valence-corrected chi connectivity index (χ4v) is 2.58. The molecule has 22 heavy (non-hydrogen) atoms. The Morgan fingerprint density at radius 2 is 1.68 bits per heavy atom. The molecule has 0 spiro atoms. The molecule has 4 rings (SSSR count). The number of aromatic nitrogens is 4. The molecule has 3 heterocycles. The van der Waals surface area contributed by atoms with E-state index in [-0.39, 0.29) is 0 Å². The zero-order valence-electron chi connectivity index (χ0n) is 11.5. The van der Waals surface area contributed by atoms with Crippen molar-refractivity contribution in [2.24, 2.45) is 0 Å². The topological polar surface area (TPSA) is 43.1 Å². The van der Waals surface area contributed by atoms with E-state index in [2.05, 4.69) is 10.1 Å². The first kappa shape index (κ1) is 13.0. The van der Waals surface area contributed by atoms with Crippen LogP contribution in [0, 0.1) is 0 Å². The van der Waals surface area contributed by atoms with E-state index in [1.54, 1.807) is 16.8 Å². The average Bonchev–Trinajstić information content (AvgIpc) is 2.95. The van der Waals surface area contributed by atoms with Gasteiger partial charge in [0.25, 0.3) is 0 Å². The minimum Gasteiger partial charge on any atom is -0.255 e. The third-order valence-electron chi connectivity index (χ3n) is 3.40. The summed E-state index contributed by atoms with van der Waals surface area (Å²) in [6, 6.07) is 19.4. The number of pyridine rings is 1. The third-order valence-corrected chi connectivity index (χ3v) is 3.60. The van der Waals surface area contributed by atoms with Gasteiger partial charge in [-0.1, -0.05) is 48.0 Å². The number of nitrogens with zero attached hydrogens (tertiary/aromatic N) is 4. The summed E-state index contributed by atoms with van der Waals surface area (Å²) in [5.74, 6) is 0. The zero-order chi connectivity index (χ0) is 14.9. The summed E-state index contributed by atoms with van der Waals surface area (Å²) in [5, 5.41) is 4.80. The Hall–Kier alpha value is -2.72. The van der Waals surface area contributed by atoms with E-state index in [9.17, 15) is 0 Å². The Morgan fingerprint density at radius 3 is 2.45 bits per heavy atom. The lowest BCUT2D eigenvalue weighted by Gasteiger charge is -2.04. The summed E-state index contributed by atoms with van der Waals surface area (Å²) in [7, 11) is 0. The minimum absolute atomic E-state index is 0.418. The molecule has 0 bridgehead atoms. The summed E-state index contributed by atoms with van der Waals surface area (Å²) >= 11 is 6.05. The highest BCUT2D eigenvalue weighted by atomic mass is 35.5. The highest BCUT2D eigenvalue weighted by Crippen LogP contribution is 2.31. The molecule has 0 atom stereocenters. The van der Waals surface area contributed by atoms with Crippen LogP contribution < -0.4 is 0 Å². The van der Waals surface area contributed by atoms with Crippen LogP contribution in [-0.4, -0.2) is 19.6 Å². The second kappa shape index (κ2) is 5.24. The molecule has 0 unspecified atom stereocenters. The van der Waals surface area contributed by atoms with Crippen molar-refractivity contribution in [3.05, 3.63) is 72.0 Å². The zero-order valence-corrected chi connectivity index (χ0v) is 12.3. The van der Waals surface area contributed by atoms with Gasteiger partial charge in [0.15, 0.2) is 5.65 Å². The number of imidazole rings is 1. The molecule has 0 fully saturated rings. The predicted octanol–water partition coefficient (Wildman–Crippen LogP) is 4.11. The van der Waals surface area contributed by atoms with Crippen molar-refractivity contribution < 1.29 is 0 Å². The van der Waals surface area contributed by atoms with Gasteiger partial charge in [-0.2, -0.15) is 5.10 Å². The maximum absolute atomic E-state index is 6.05. The Bertz CT molecular complexity index is 933. The molecule has 0 aliphatic rings. The van der Waals surface area contributed by atoms with Crippen LogP contribution in [0.15, 0.2) is 66.9 Å². The van der Waals surface area contributed by atoms with E-state index in [1.165, 1.54) is 0 Å². The van der Waals surface area contributed by atoms with Gasteiger partial charge in [0.1, 0.15) is 16.5 Å². The van der Waals surface area contributed by atoms with E-state index in [0.717, 1.165) is 28.3 Å². The van der Waals surface area contributed by atoms with Gasteiger partial charge in [0, 0.05) is 11.8 Å². The predicted molar refractivity (Wildman–Crippen MR) is 86.7 cm³/mol. The van der Waals surface area contributed by atoms with Crippen LogP contribution in [0.2, 0.25) is 5.15 Å². The monoisotopic (exact) mass is 306 g/mol. The Balaban J connectivity index is 2.08. The van der Waals surface area contributed by atoms with Crippen molar-refractivity contribution in [3.63, 3.8) is 0 Å². The van der Waals surface area contributed by atoms with Crippen LogP contribution in [0.3, 0.4) is 0 Å². The van der Waals surface area contributed by atoms with Crippen LogP contribution in [-0.2, 0) is 0 Å². The molecule has 0 aliphatic carbocycles. The molecule has 0 saturated carbocycles. The van der Waals surface area contributed by atoms with Gasteiger partial charge >= 0.3 is 0 Å². The lowest BCUT2D eigenvalue weighted by molar-refractivity contribution is 0.939. The van der Waals surface area contributed by atoms with Crippen molar-refractivity contribution in [1.82, 2.24) is 19.6 Å². The number of halogens is 1. The fraction of sp³-hybridized carbons (Fsp3) is 0. The Kier molecular flexibility index (Phi) is 3.09. The number of hydrogen-bond donors (Lipinski definition) is 0. The smallest absolute Gasteiger partial charge is 0.155 e. The van der Waals surface area contributed by atoms with E-state index < -0.39 is 0 Å². The van der Waals surface area contributed by atoms with Crippen molar-refractivity contribution in [2.45, 2.75) is 0 Å². The molecule has 0 N–H and O–H groups in total. The summed E-state index contributed by atoms with van der Waals surface area (Å²) in [4.78, 5) is 9.15. The second-order valence-corrected chi connectivity index (χ2v) is 5.20. The van der Waals surface area contributed by atoms with Crippen LogP contribution >= 0.6 is 11.6 Å². The summed E-state index contributed by atoms with van der Waals surface area (Å²) in [6.45, 7) is 0. The van der Waals surface area contributed by atoms with Crippen molar-refractivity contribution in [2.75, 3.05) is 0 Å². The molecule has 4 nitrogen and oxygen atoms in total. The molecule has 0 aliphatic heterocycles. The third kappa shape index (κ3) is 2.14. The maximum atomic E-state index is 6.05. The fourth-order valence-electron chi connectivity index (χ4n) is 2.44. The summed E-state index contributed by atoms with van der Waals surface area (Å²) in [5.41, 5.74) is 4.25. The van der Waals surface area contributed by atoms with Crippen LogP contribution in [0.25, 0.3) is 28.3 Å². The average molecular weight is 307 g/mol. The van der Waals surface area contributed by atoms with Crippen molar-refractivity contribution >= 4 is 17.2 Å². The second-order valence-electron chi connectivity index (χ2n) is 4.82. The standard InChI is InChI=1S/C17H11ClN4/c18-14-9-10-15-20-16(12-6-2-1-3-7-12)17(22(15)21-14)13-8-4-5-11-19-13/h1-11H. The molecule has 0 radical (unpaired) electrons. The van der Waals surface area contributed by atoms with E-state index in [1.807, 2.05) is 54.6 Å². The lowest BCUT2D eigenvalue weighted by atomic mass is 10.1. The van der Waals surface area contributed by atoms with Gasteiger partial charge in [0.05, 0.1) is 5.69 Å². The van der Waals surface area contributed by atoms with E-state index in [4.69, 9.17) is 16.6 Å². The van der Waals surface area contributed by atoms with Crippen LogP contribution in [0.5, 0.6) is 0 Å². The largest absolute Gasteiger partial charge is 0.255 e. The van der Waals surface area contributed by atoms with Gasteiger partial charge < -0.3 is 0 Å². The first-order chi connectivity index (χ1) is 10.8. The molecule has 5 heteroatoms. The number of benzene rings is 1. The lowest BCUT2D eigenvalue weighted by Crippen LogP contribution is -1.96. The molecule has 106 valence electrons.